The van der Waals surface area contributed by atoms with Crippen LogP contribution in [0.4, 0.5) is 5.69 Å². The van der Waals surface area contributed by atoms with Crippen molar-refractivity contribution in [2.45, 2.75) is 26.4 Å². The first-order chi connectivity index (χ1) is 14.6. The first kappa shape index (κ1) is 20.0. The van der Waals surface area contributed by atoms with E-state index in [1.54, 1.807) is 0 Å². The third-order valence-electron chi connectivity index (χ3n) is 4.87. The number of imidazole rings is 1. The molecule has 0 saturated carbocycles. The lowest BCUT2D eigenvalue weighted by atomic mass is 10.2. The van der Waals surface area contributed by atoms with E-state index in [2.05, 4.69) is 10.3 Å². The van der Waals surface area contributed by atoms with E-state index in [1.165, 1.54) is 0 Å². The summed E-state index contributed by atoms with van der Waals surface area (Å²) < 4.78 is 7.81. The second-order valence-corrected chi connectivity index (χ2v) is 7.50. The van der Waals surface area contributed by atoms with Crippen molar-refractivity contribution >= 4 is 28.8 Å². The van der Waals surface area contributed by atoms with E-state index in [0.29, 0.717) is 24.5 Å². The number of halogens is 1. The van der Waals surface area contributed by atoms with E-state index in [1.807, 2.05) is 84.3 Å². The van der Waals surface area contributed by atoms with Crippen LogP contribution in [0.1, 0.15) is 23.4 Å². The molecule has 4 aromatic rings. The van der Waals surface area contributed by atoms with E-state index in [0.717, 1.165) is 34.0 Å². The molecule has 152 valence electrons. The lowest BCUT2D eigenvalue weighted by molar-refractivity contribution is -0.116. The number of carbonyl (C=O) groups is 1. The number of fused-ring (bicyclic) bond motifs is 1. The number of ether oxygens (including phenoxy) is 1. The summed E-state index contributed by atoms with van der Waals surface area (Å²) in [7, 11) is 0. The number of aromatic nitrogens is 2. The first-order valence-electron chi connectivity index (χ1n) is 9.78. The number of hydrogen-bond donors (Lipinski definition) is 1. The van der Waals surface area contributed by atoms with Gasteiger partial charge in [0.15, 0.2) is 0 Å². The second-order valence-electron chi connectivity index (χ2n) is 7.06. The van der Waals surface area contributed by atoms with Gasteiger partial charge in [-0.05, 0) is 67.4 Å². The molecule has 5 nitrogen and oxygen atoms in total. The summed E-state index contributed by atoms with van der Waals surface area (Å²) >= 11 is 5.89. The highest BCUT2D eigenvalue weighted by atomic mass is 35.5. The van der Waals surface area contributed by atoms with Gasteiger partial charge >= 0.3 is 0 Å². The van der Waals surface area contributed by atoms with Crippen LogP contribution in [0.15, 0.2) is 72.9 Å². The van der Waals surface area contributed by atoms with E-state index >= 15 is 0 Å². The van der Waals surface area contributed by atoms with Gasteiger partial charge in [0, 0.05) is 29.0 Å². The molecule has 0 aliphatic rings. The lowest BCUT2D eigenvalue weighted by Gasteiger charge is -2.09. The van der Waals surface area contributed by atoms with Gasteiger partial charge in [0.25, 0.3) is 0 Å². The van der Waals surface area contributed by atoms with Crippen LogP contribution in [0, 0.1) is 6.92 Å². The Kier molecular flexibility index (Phi) is 6.00. The van der Waals surface area contributed by atoms with Crippen molar-refractivity contribution in [3.63, 3.8) is 0 Å². The zero-order valence-electron chi connectivity index (χ0n) is 16.6. The van der Waals surface area contributed by atoms with Gasteiger partial charge in [0.1, 0.15) is 18.0 Å². The average molecular weight is 420 g/mol. The lowest BCUT2D eigenvalue weighted by Crippen LogP contribution is -2.13. The molecule has 0 spiro atoms. The van der Waals surface area contributed by atoms with Crippen LogP contribution in [-0.2, 0) is 17.8 Å². The standard InChI is InChI=1S/C24H22ClN3O2/c1-17-22(28-15-3-2-4-23(28)26-17)13-14-24(29)27-20-9-11-21(12-10-20)30-16-18-5-7-19(25)8-6-18/h2-12,15H,13-14,16H2,1H3,(H,27,29). The predicted molar refractivity (Wildman–Crippen MR) is 119 cm³/mol. The van der Waals surface area contributed by atoms with Gasteiger partial charge in [-0.25, -0.2) is 4.98 Å². The van der Waals surface area contributed by atoms with Crippen LogP contribution in [0.5, 0.6) is 5.75 Å². The number of rotatable bonds is 7. The average Bonchev–Trinajstić information content (AvgIpc) is 3.08. The van der Waals surface area contributed by atoms with E-state index in [4.69, 9.17) is 16.3 Å². The van der Waals surface area contributed by atoms with Gasteiger partial charge in [0.2, 0.25) is 5.91 Å². The van der Waals surface area contributed by atoms with E-state index < -0.39 is 0 Å². The summed E-state index contributed by atoms with van der Waals surface area (Å²) in [5.41, 5.74) is 4.70. The fourth-order valence-corrected chi connectivity index (χ4v) is 3.43. The second kappa shape index (κ2) is 9.01. The molecule has 2 aromatic carbocycles. The summed E-state index contributed by atoms with van der Waals surface area (Å²) in [5, 5.41) is 3.64. The topological polar surface area (TPSA) is 55.6 Å². The molecule has 30 heavy (non-hydrogen) atoms. The molecule has 1 N–H and O–H groups in total. The van der Waals surface area contributed by atoms with E-state index in [-0.39, 0.29) is 5.91 Å². The van der Waals surface area contributed by atoms with Crippen LogP contribution in [0.25, 0.3) is 5.65 Å². The Morgan fingerprint density at radius 1 is 1.07 bits per heavy atom. The number of aryl methyl sites for hydroxylation is 2. The van der Waals surface area contributed by atoms with Crippen LogP contribution < -0.4 is 10.1 Å². The Morgan fingerprint density at radius 3 is 2.60 bits per heavy atom. The Balaban J connectivity index is 1.30. The minimum absolute atomic E-state index is 0.0323. The third-order valence-corrected chi connectivity index (χ3v) is 5.13. The van der Waals surface area contributed by atoms with Gasteiger partial charge in [-0.2, -0.15) is 0 Å². The highest BCUT2D eigenvalue weighted by Crippen LogP contribution is 2.19. The molecule has 0 saturated heterocycles. The van der Waals surface area contributed by atoms with Gasteiger partial charge in [-0.1, -0.05) is 29.8 Å². The van der Waals surface area contributed by atoms with E-state index in [9.17, 15) is 4.79 Å². The Hall–Kier alpha value is -3.31. The van der Waals surface area contributed by atoms with Crippen molar-refractivity contribution in [1.82, 2.24) is 9.38 Å². The van der Waals surface area contributed by atoms with Crippen molar-refractivity contribution < 1.29 is 9.53 Å². The zero-order valence-corrected chi connectivity index (χ0v) is 17.4. The Labute approximate surface area is 180 Å². The molecule has 1 amide bonds. The fourth-order valence-electron chi connectivity index (χ4n) is 3.30. The summed E-state index contributed by atoms with van der Waals surface area (Å²) in [6.45, 7) is 2.44. The van der Waals surface area contributed by atoms with Crippen LogP contribution in [0.2, 0.25) is 5.02 Å². The number of carbonyl (C=O) groups excluding carboxylic acids is 1. The molecule has 0 aliphatic carbocycles. The highest BCUT2D eigenvalue weighted by Gasteiger charge is 2.11. The van der Waals surface area contributed by atoms with Crippen molar-refractivity contribution in [2.24, 2.45) is 0 Å². The molecular weight excluding hydrogens is 398 g/mol. The summed E-state index contributed by atoms with van der Waals surface area (Å²) in [5.74, 6) is 0.708. The smallest absolute Gasteiger partial charge is 0.224 e. The maximum Gasteiger partial charge on any atom is 0.224 e. The summed E-state index contributed by atoms with van der Waals surface area (Å²) in [6.07, 6.45) is 2.99. The number of hydrogen-bond acceptors (Lipinski definition) is 3. The SMILES string of the molecule is Cc1nc2ccccn2c1CCC(=O)Nc1ccc(OCc2ccc(Cl)cc2)cc1. The zero-order chi connectivity index (χ0) is 20.9. The number of pyridine rings is 1. The quantitative estimate of drug-likeness (QED) is 0.433. The molecular formula is C24H22ClN3O2. The van der Waals surface area contributed by atoms with Crippen LogP contribution in [-0.4, -0.2) is 15.3 Å². The maximum absolute atomic E-state index is 12.4. The monoisotopic (exact) mass is 419 g/mol. The maximum atomic E-state index is 12.4. The van der Waals surface area contributed by atoms with Crippen LogP contribution in [0.3, 0.4) is 0 Å². The number of benzene rings is 2. The minimum Gasteiger partial charge on any atom is -0.489 e. The molecule has 0 radical (unpaired) electrons. The number of nitrogens with zero attached hydrogens (tertiary/aromatic N) is 2. The summed E-state index contributed by atoms with van der Waals surface area (Å²) in [6, 6.07) is 20.8. The Bertz CT molecular complexity index is 1150. The normalized spacial score (nSPS) is 10.9. The molecule has 4 rings (SSSR count). The fraction of sp³-hybridized carbons (Fsp3) is 0.167. The molecule has 0 unspecified atom stereocenters. The molecule has 0 bridgehead atoms. The van der Waals surface area contributed by atoms with Gasteiger partial charge in [-0.15, -0.1) is 0 Å². The van der Waals surface area contributed by atoms with Gasteiger partial charge in [-0.3, -0.25) is 4.79 Å². The minimum atomic E-state index is -0.0323. The molecule has 0 fully saturated rings. The number of anilines is 1. The number of amides is 1. The molecule has 6 heteroatoms. The molecule has 2 aromatic heterocycles. The van der Waals surface area contributed by atoms with Crippen molar-refractivity contribution in [3.8, 4) is 5.75 Å². The molecule has 0 atom stereocenters. The molecule has 0 aliphatic heterocycles. The van der Waals surface area contributed by atoms with Gasteiger partial charge in [0.05, 0.1) is 5.69 Å². The predicted octanol–water partition coefficient (Wildman–Crippen LogP) is 5.45. The largest absolute Gasteiger partial charge is 0.489 e. The van der Waals surface area contributed by atoms with Crippen molar-refractivity contribution in [3.05, 3.63) is 94.9 Å². The van der Waals surface area contributed by atoms with Crippen molar-refractivity contribution in [1.29, 1.82) is 0 Å². The summed E-state index contributed by atoms with van der Waals surface area (Å²) in [4.78, 5) is 16.9. The Morgan fingerprint density at radius 2 is 1.83 bits per heavy atom. The molecule has 2 heterocycles. The number of nitrogens with one attached hydrogen (secondary N) is 1. The van der Waals surface area contributed by atoms with Crippen LogP contribution >= 0.6 is 11.6 Å². The first-order valence-corrected chi connectivity index (χ1v) is 10.2. The van der Waals surface area contributed by atoms with Gasteiger partial charge < -0.3 is 14.5 Å². The van der Waals surface area contributed by atoms with Crippen molar-refractivity contribution in [2.75, 3.05) is 5.32 Å². The third kappa shape index (κ3) is 4.81. The highest BCUT2D eigenvalue weighted by molar-refractivity contribution is 6.30.